The molecule has 0 aromatic carbocycles. The second-order valence-corrected chi connectivity index (χ2v) is 3.62. The summed E-state index contributed by atoms with van der Waals surface area (Å²) in [5.41, 5.74) is 0. The molecule has 94 valence electrons. The Hall–Kier alpha value is -1.98. The van der Waals surface area contributed by atoms with Gasteiger partial charge in [-0.2, -0.15) is 4.98 Å². The maximum Gasteiger partial charge on any atom is 0.316 e. The number of amides is 2. The predicted molar refractivity (Wildman–Crippen MR) is 66.4 cm³/mol. The average molecular weight is 238 g/mol. The summed E-state index contributed by atoms with van der Waals surface area (Å²) in [6.07, 6.45) is 0. The Labute approximate surface area is 101 Å². The molecule has 0 saturated carbocycles. The van der Waals surface area contributed by atoms with E-state index in [0.717, 1.165) is 5.82 Å². The van der Waals surface area contributed by atoms with Crippen molar-refractivity contribution in [1.29, 1.82) is 0 Å². The van der Waals surface area contributed by atoms with Gasteiger partial charge in [0, 0.05) is 33.3 Å². The summed E-state index contributed by atoms with van der Waals surface area (Å²) in [5.74, 6) is 1.29. The van der Waals surface area contributed by atoms with E-state index in [1.807, 2.05) is 12.1 Å². The molecule has 0 aliphatic rings. The maximum atomic E-state index is 11.2. The lowest BCUT2D eigenvalue weighted by molar-refractivity contribution is 0.218. The lowest BCUT2D eigenvalue weighted by Gasteiger charge is -2.12. The minimum absolute atomic E-state index is 0.106. The molecule has 0 saturated heterocycles. The third-order valence-electron chi connectivity index (χ3n) is 2.05. The van der Waals surface area contributed by atoms with Gasteiger partial charge in [-0.3, -0.25) is 0 Å². The number of ether oxygens (including phenoxy) is 1. The molecular formula is C11H18N4O2. The van der Waals surface area contributed by atoms with Crippen LogP contribution in [0.2, 0.25) is 0 Å². The topological polar surface area (TPSA) is 66.5 Å². The highest BCUT2D eigenvalue weighted by atomic mass is 16.5. The number of nitrogens with zero attached hydrogens (tertiary/aromatic N) is 2. The number of urea groups is 1. The van der Waals surface area contributed by atoms with Crippen molar-refractivity contribution in [2.75, 3.05) is 39.6 Å². The van der Waals surface area contributed by atoms with Gasteiger partial charge in [-0.1, -0.05) is 6.07 Å². The Morgan fingerprint density at radius 1 is 1.41 bits per heavy atom. The Kier molecular flexibility index (Phi) is 5.06. The van der Waals surface area contributed by atoms with E-state index in [4.69, 9.17) is 4.74 Å². The molecule has 0 fully saturated rings. The molecular weight excluding hydrogens is 220 g/mol. The summed E-state index contributed by atoms with van der Waals surface area (Å²) < 4.78 is 5.00. The van der Waals surface area contributed by atoms with Gasteiger partial charge in [0.25, 0.3) is 0 Å². The van der Waals surface area contributed by atoms with Gasteiger partial charge in [-0.25, -0.2) is 4.79 Å². The van der Waals surface area contributed by atoms with Crippen molar-refractivity contribution < 1.29 is 9.53 Å². The van der Waals surface area contributed by atoms with E-state index in [9.17, 15) is 4.79 Å². The fraction of sp³-hybridized carbons (Fsp3) is 0.455. The molecule has 17 heavy (non-hydrogen) atoms. The van der Waals surface area contributed by atoms with Crippen LogP contribution in [0, 0.1) is 0 Å². The van der Waals surface area contributed by atoms with Crippen LogP contribution in [0.3, 0.4) is 0 Å². The zero-order valence-electron chi connectivity index (χ0n) is 10.4. The number of aromatic nitrogens is 1. The van der Waals surface area contributed by atoms with Crippen LogP contribution in [0.25, 0.3) is 0 Å². The van der Waals surface area contributed by atoms with E-state index in [-0.39, 0.29) is 6.03 Å². The molecule has 1 aromatic heterocycles. The van der Waals surface area contributed by atoms with Crippen LogP contribution in [0.5, 0.6) is 5.88 Å². The summed E-state index contributed by atoms with van der Waals surface area (Å²) >= 11 is 0. The summed E-state index contributed by atoms with van der Waals surface area (Å²) in [4.78, 5) is 16.9. The highest BCUT2D eigenvalue weighted by Gasteiger charge is 2.01. The molecule has 1 heterocycles. The summed E-state index contributed by atoms with van der Waals surface area (Å²) in [6.45, 7) is 1.15. The SMILES string of the molecule is COc1cccc(NCCNC(=O)N(C)C)n1. The standard InChI is InChI=1S/C11H18N4O2/c1-15(2)11(16)13-8-7-12-9-5-4-6-10(14-9)17-3/h4-6H,7-8H2,1-3H3,(H,12,14)(H,13,16). The van der Waals surface area contributed by atoms with E-state index in [1.54, 1.807) is 27.3 Å². The third kappa shape index (κ3) is 4.58. The first-order valence-corrected chi connectivity index (χ1v) is 5.33. The van der Waals surface area contributed by atoms with E-state index < -0.39 is 0 Å². The van der Waals surface area contributed by atoms with Crippen LogP contribution in [0.1, 0.15) is 0 Å². The second kappa shape index (κ2) is 6.57. The molecule has 6 heteroatoms. The van der Waals surface area contributed by atoms with E-state index >= 15 is 0 Å². The molecule has 0 aliphatic heterocycles. The van der Waals surface area contributed by atoms with Crippen molar-refractivity contribution in [3.8, 4) is 5.88 Å². The number of hydrogen-bond donors (Lipinski definition) is 2. The molecule has 0 radical (unpaired) electrons. The largest absolute Gasteiger partial charge is 0.481 e. The average Bonchev–Trinajstić information content (AvgIpc) is 2.34. The van der Waals surface area contributed by atoms with Crippen molar-refractivity contribution in [1.82, 2.24) is 15.2 Å². The van der Waals surface area contributed by atoms with Crippen LogP contribution < -0.4 is 15.4 Å². The van der Waals surface area contributed by atoms with Gasteiger partial charge in [-0.05, 0) is 6.07 Å². The number of methoxy groups -OCH3 is 1. The molecule has 0 atom stereocenters. The molecule has 6 nitrogen and oxygen atoms in total. The fourth-order valence-electron chi connectivity index (χ4n) is 1.15. The Bertz CT molecular complexity index is 368. The van der Waals surface area contributed by atoms with Gasteiger partial charge in [-0.15, -0.1) is 0 Å². The van der Waals surface area contributed by atoms with Crippen LogP contribution in [-0.4, -0.2) is 50.2 Å². The highest BCUT2D eigenvalue weighted by molar-refractivity contribution is 5.73. The summed E-state index contributed by atoms with van der Waals surface area (Å²) in [7, 11) is 4.97. The lowest BCUT2D eigenvalue weighted by atomic mass is 10.4. The number of rotatable bonds is 5. The van der Waals surface area contributed by atoms with Gasteiger partial charge in [0.2, 0.25) is 5.88 Å². The number of pyridine rings is 1. The summed E-state index contributed by atoms with van der Waals surface area (Å²) in [5, 5.41) is 5.84. The molecule has 0 bridgehead atoms. The zero-order valence-corrected chi connectivity index (χ0v) is 10.4. The molecule has 2 amide bonds. The van der Waals surface area contributed by atoms with Crippen LogP contribution >= 0.6 is 0 Å². The molecule has 1 aromatic rings. The van der Waals surface area contributed by atoms with Crippen LogP contribution in [-0.2, 0) is 0 Å². The Morgan fingerprint density at radius 2 is 2.18 bits per heavy atom. The van der Waals surface area contributed by atoms with Crippen LogP contribution in [0.15, 0.2) is 18.2 Å². The molecule has 0 unspecified atom stereocenters. The fourth-order valence-corrected chi connectivity index (χ4v) is 1.15. The minimum atomic E-state index is -0.106. The van der Waals surface area contributed by atoms with Gasteiger partial charge < -0.3 is 20.3 Å². The second-order valence-electron chi connectivity index (χ2n) is 3.62. The third-order valence-corrected chi connectivity index (χ3v) is 2.05. The first kappa shape index (κ1) is 13.1. The normalized spacial score (nSPS) is 9.59. The zero-order chi connectivity index (χ0) is 12.7. The minimum Gasteiger partial charge on any atom is -0.481 e. The predicted octanol–water partition coefficient (Wildman–Crippen LogP) is 0.773. The Morgan fingerprint density at radius 3 is 2.82 bits per heavy atom. The van der Waals surface area contributed by atoms with Crippen molar-refractivity contribution in [2.45, 2.75) is 0 Å². The first-order chi connectivity index (χ1) is 8.13. The number of anilines is 1. The van der Waals surface area contributed by atoms with Gasteiger partial charge in [0.1, 0.15) is 5.82 Å². The monoisotopic (exact) mass is 238 g/mol. The van der Waals surface area contributed by atoms with Gasteiger partial charge >= 0.3 is 6.03 Å². The smallest absolute Gasteiger partial charge is 0.316 e. The van der Waals surface area contributed by atoms with E-state index in [2.05, 4.69) is 15.6 Å². The van der Waals surface area contributed by atoms with Crippen molar-refractivity contribution in [3.05, 3.63) is 18.2 Å². The maximum absolute atomic E-state index is 11.2. The first-order valence-electron chi connectivity index (χ1n) is 5.33. The molecule has 0 aliphatic carbocycles. The van der Waals surface area contributed by atoms with Gasteiger partial charge in [0.05, 0.1) is 7.11 Å². The molecule has 2 N–H and O–H groups in total. The highest BCUT2D eigenvalue weighted by Crippen LogP contribution is 2.09. The lowest BCUT2D eigenvalue weighted by Crippen LogP contribution is -2.37. The number of nitrogens with one attached hydrogen (secondary N) is 2. The number of hydrogen-bond acceptors (Lipinski definition) is 4. The van der Waals surface area contributed by atoms with Gasteiger partial charge in [0.15, 0.2) is 0 Å². The van der Waals surface area contributed by atoms with Crippen molar-refractivity contribution >= 4 is 11.8 Å². The number of carbonyl (C=O) groups excluding carboxylic acids is 1. The van der Waals surface area contributed by atoms with Crippen molar-refractivity contribution in [3.63, 3.8) is 0 Å². The quantitative estimate of drug-likeness (QED) is 0.744. The summed E-state index contributed by atoms with van der Waals surface area (Å²) in [6, 6.07) is 5.37. The van der Waals surface area contributed by atoms with E-state index in [1.165, 1.54) is 4.90 Å². The van der Waals surface area contributed by atoms with E-state index in [0.29, 0.717) is 19.0 Å². The number of carbonyl (C=O) groups is 1. The van der Waals surface area contributed by atoms with Crippen LogP contribution in [0.4, 0.5) is 10.6 Å². The Balaban J connectivity index is 2.28. The molecule has 1 rings (SSSR count). The van der Waals surface area contributed by atoms with Crippen molar-refractivity contribution in [2.24, 2.45) is 0 Å². The molecule has 0 spiro atoms.